The van der Waals surface area contributed by atoms with Crippen LogP contribution < -0.4 is 10.5 Å². The van der Waals surface area contributed by atoms with Crippen LogP contribution in [0.5, 0.6) is 0 Å². The van der Waals surface area contributed by atoms with Crippen LogP contribution in [0.3, 0.4) is 0 Å². The van der Waals surface area contributed by atoms with Gasteiger partial charge in [0.15, 0.2) is 0 Å². The highest BCUT2D eigenvalue weighted by Gasteiger charge is 2.33. The second-order valence-corrected chi connectivity index (χ2v) is 6.83. The lowest BCUT2D eigenvalue weighted by Gasteiger charge is -2.34. The summed E-state index contributed by atoms with van der Waals surface area (Å²) >= 11 is 0. The van der Waals surface area contributed by atoms with Crippen molar-refractivity contribution >= 4 is 10.0 Å². The highest BCUT2D eigenvalue weighted by atomic mass is 32.2. The van der Waals surface area contributed by atoms with Crippen molar-refractivity contribution in [2.75, 3.05) is 7.11 Å². The van der Waals surface area contributed by atoms with Crippen molar-refractivity contribution in [3.8, 4) is 0 Å². The monoisotopic (exact) mass is 298 g/mol. The molecule has 0 saturated heterocycles. The molecule has 1 aromatic carbocycles. The minimum Gasteiger partial charge on any atom is -0.381 e. The molecule has 3 N–H and O–H groups in total. The first-order chi connectivity index (χ1) is 9.50. The van der Waals surface area contributed by atoms with Gasteiger partial charge in [0.25, 0.3) is 0 Å². The van der Waals surface area contributed by atoms with E-state index in [0.717, 1.165) is 24.0 Å². The fourth-order valence-electron chi connectivity index (χ4n) is 2.41. The minimum absolute atomic E-state index is 0.0313. The number of nitrogens with two attached hydrogens (primary N) is 1. The van der Waals surface area contributed by atoms with Crippen LogP contribution in [-0.4, -0.2) is 27.7 Å². The fourth-order valence-corrected chi connectivity index (χ4v) is 4.03. The van der Waals surface area contributed by atoms with Crippen molar-refractivity contribution in [3.63, 3.8) is 0 Å². The van der Waals surface area contributed by atoms with E-state index in [2.05, 4.69) is 4.72 Å². The summed E-state index contributed by atoms with van der Waals surface area (Å²) in [5.74, 6) is 0. The molecule has 5 nitrogen and oxygen atoms in total. The van der Waals surface area contributed by atoms with Gasteiger partial charge in [-0.3, -0.25) is 0 Å². The summed E-state index contributed by atoms with van der Waals surface area (Å²) in [6, 6.07) is 5.36. The number of hydrogen-bond acceptors (Lipinski definition) is 4. The molecule has 0 spiro atoms. The summed E-state index contributed by atoms with van der Waals surface area (Å²) in [7, 11) is -1.84. The Morgan fingerprint density at radius 1 is 1.40 bits per heavy atom. The van der Waals surface area contributed by atoms with Crippen LogP contribution in [0.4, 0.5) is 0 Å². The van der Waals surface area contributed by atoms with Crippen LogP contribution in [0.15, 0.2) is 23.1 Å². The maximum absolute atomic E-state index is 12.5. The quantitative estimate of drug-likeness (QED) is 0.826. The third kappa shape index (κ3) is 3.20. The van der Waals surface area contributed by atoms with Crippen LogP contribution in [-0.2, 0) is 27.7 Å². The molecule has 0 unspecified atom stereocenters. The Bertz CT molecular complexity index is 566. The number of nitrogens with one attached hydrogen (secondary N) is 1. The third-order valence-electron chi connectivity index (χ3n) is 3.79. The van der Waals surface area contributed by atoms with Gasteiger partial charge >= 0.3 is 0 Å². The van der Waals surface area contributed by atoms with Gasteiger partial charge in [-0.2, -0.15) is 0 Å². The highest BCUT2D eigenvalue weighted by molar-refractivity contribution is 7.89. The van der Waals surface area contributed by atoms with Gasteiger partial charge in [0.2, 0.25) is 10.0 Å². The molecule has 1 aliphatic carbocycles. The molecular weight excluding hydrogens is 276 g/mol. The average molecular weight is 298 g/mol. The van der Waals surface area contributed by atoms with E-state index in [1.165, 1.54) is 0 Å². The average Bonchev–Trinajstić information content (AvgIpc) is 2.41. The third-order valence-corrected chi connectivity index (χ3v) is 5.39. The predicted octanol–water partition coefficient (Wildman–Crippen LogP) is 1.16. The summed E-state index contributed by atoms with van der Waals surface area (Å²) in [4.78, 5) is 0.351. The Labute approximate surface area is 120 Å². The number of aryl methyl sites for hydroxylation is 1. The van der Waals surface area contributed by atoms with E-state index < -0.39 is 10.0 Å². The van der Waals surface area contributed by atoms with Gasteiger partial charge < -0.3 is 10.5 Å². The molecule has 0 aliphatic heterocycles. The van der Waals surface area contributed by atoms with E-state index in [0.29, 0.717) is 17.9 Å². The van der Waals surface area contributed by atoms with E-state index in [4.69, 9.17) is 10.5 Å². The molecule has 0 heterocycles. The summed E-state index contributed by atoms with van der Waals surface area (Å²) in [6.07, 6.45) is 2.30. The van der Waals surface area contributed by atoms with Crippen LogP contribution in [0.1, 0.15) is 30.9 Å². The van der Waals surface area contributed by atoms with Gasteiger partial charge in [0.1, 0.15) is 0 Å². The van der Waals surface area contributed by atoms with Gasteiger partial charge in [-0.25, -0.2) is 13.1 Å². The maximum Gasteiger partial charge on any atom is 0.241 e. The fraction of sp³-hybridized carbons (Fsp3) is 0.571. The predicted molar refractivity (Wildman–Crippen MR) is 77.9 cm³/mol. The smallest absolute Gasteiger partial charge is 0.241 e. The molecule has 1 saturated carbocycles. The zero-order valence-electron chi connectivity index (χ0n) is 11.9. The van der Waals surface area contributed by atoms with Crippen molar-refractivity contribution in [1.82, 2.24) is 4.72 Å². The number of sulfonamides is 1. The standard InChI is InChI=1S/C14H22N2O3S/c1-3-11-5-4-10(9-15)6-14(11)20(17,18)16-12-7-13(8-12)19-2/h4-6,12-13,16H,3,7-9,15H2,1-2H3. The first-order valence-corrected chi connectivity index (χ1v) is 8.35. The molecule has 1 aliphatic rings. The number of benzene rings is 1. The molecule has 6 heteroatoms. The second kappa shape index (κ2) is 6.22. The van der Waals surface area contributed by atoms with Crippen LogP contribution in [0.25, 0.3) is 0 Å². The summed E-state index contributed by atoms with van der Waals surface area (Å²) in [5, 5.41) is 0. The van der Waals surface area contributed by atoms with Crippen molar-refractivity contribution in [2.24, 2.45) is 5.73 Å². The topological polar surface area (TPSA) is 81.4 Å². The molecule has 1 aromatic rings. The van der Waals surface area contributed by atoms with Crippen molar-refractivity contribution in [3.05, 3.63) is 29.3 Å². The Kier molecular flexibility index (Phi) is 4.80. The number of hydrogen-bond donors (Lipinski definition) is 2. The Morgan fingerprint density at radius 2 is 2.10 bits per heavy atom. The first kappa shape index (κ1) is 15.4. The molecule has 0 aromatic heterocycles. The summed E-state index contributed by atoms with van der Waals surface area (Å²) in [6.45, 7) is 2.28. The SMILES string of the molecule is CCc1ccc(CN)cc1S(=O)(=O)NC1CC(OC)C1. The van der Waals surface area contributed by atoms with E-state index in [-0.39, 0.29) is 12.1 Å². The second-order valence-electron chi connectivity index (χ2n) is 5.15. The van der Waals surface area contributed by atoms with Crippen LogP contribution in [0.2, 0.25) is 0 Å². The van der Waals surface area contributed by atoms with E-state index >= 15 is 0 Å². The molecule has 1 fully saturated rings. The number of ether oxygens (including phenoxy) is 1. The lowest BCUT2D eigenvalue weighted by molar-refractivity contribution is 0.0236. The van der Waals surface area contributed by atoms with Crippen LogP contribution >= 0.6 is 0 Å². The molecule has 20 heavy (non-hydrogen) atoms. The van der Waals surface area contributed by atoms with Crippen LogP contribution in [0, 0.1) is 0 Å². The largest absolute Gasteiger partial charge is 0.381 e. The molecule has 0 bridgehead atoms. The Morgan fingerprint density at radius 3 is 2.65 bits per heavy atom. The molecule has 112 valence electrons. The number of rotatable bonds is 6. The zero-order valence-corrected chi connectivity index (χ0v) is 12.7. The van der Waals surface area contributed by atoms with Gasteiger partial charge in [0, 0.05) is 19.7 Å². The molecule has 2 rings (SSSR count). The lowest BCUT2D eigenvalue weighted by atomic mass is 9.90. The molecule has 0 radical (unpaired) electrons. The van der Waals surface area contributed by atoms with Crippen molar-refractivity contribution < 1.29 is 13.2 Å². The number of methoxy groups -OCH3 is 1. The normalized spacial score (nSPS) is 22.6. The molecular formula is C14H22N2O3S. The van der Waals surface area contributed by atoms with Gasteiger partial charge in [-0.05, 0) is 36.5 Å². The van der Waals surface area contributed by atoms with Gasteiger partial charge in [-0.1, -0.05) is 19.1 Å². The molecule has 0 amide bonds. The van der Waals surface area contributed by atoms with E-state index in [1.807, 2.05) is 19.1 Å². The Balaban J connectivity index is 2.20. The van der Waals surface area contributed by atoms with Gasteiger partial charge in [-0.15, -0.1) is 0 Å². The maximum atomic E-state index is 12.5. The Hall–Kier alpha value is -0.950. The summed E-state index contributed by atoms with van der Waals surface area (Å²) in [5.41, 5.74) is 7.24. The van der Waals surface area contributed by atoms with E-state index in [1.54, 1.807) is 13.2 Å². The van der Waals surface area contributed by atoms with Crippen molar-refractivity contribution in [2.45, 2.75) is 49.8 Å². The molecule has 0 atom stereocenters. The van der Waals surface area contributed by atoms with Gasteiger partial charge in [0.05, 0.1) is 11.0 Å². The summed E-state index contributed by atoms with van der Waals surface area (Å²) < 4.78 is 32.9. The minimum atomic E-state index is -3.49. The first-order valence-electron chi connectivity index (χ1n) is 6.87. The lowest BCUT2D eigenvalue weighted by Crippen LogP contribution is -2.47. The highest BCUT2D eigenvalue weighted by Crippen LogP contribution is 2.26. The zero-order chi connectivity index (χ0) is 14.8. The van der Waals surface area contributed by atoms with E-state index in [9.17, 15) is 8.42 Å². The van der Waals surface area contributed by atoms with Crippen molar-refractivity contribution in [1.29, 1.82) is 0 Å².